The molecule has 0 spiro atoms. The number of rotatable bonds is 4. The minimum Gasteiger partial charge on any atom is -0.351 e. The van der Waals surface area contributed by atoms with Gasteiger partial charge in [0.15, 0.2) is 0 Å². The van der Waals surface area contributed by atoms with Crippen LogP contribution in [0.3, 0.4) is 0 Å². The zero-order chi connectivity index (χ0) is 13.9. The van der Waals surface area contributed by atoms with E-state index < -0.39 is 0 Å². The van der Waals surface area contributed by atoms with Crippen LogP contribution in [-0.2, 0) is 0 Å². The van der Waals surface area contributed by atoms with Gasteiger partial charge in [-0.1, -0.05) is 25.0 Å². The molecular formula is C15H20INOS. The van der Waals surface area contributed by atoms with E-state index in [-0.39, 0.29) is 10.7 Å². The first-order chi connectivity index (χ1) is 9.08. The fourth-order valence-electron chi connectivity index (χ4n) is 2.63. The second kappa shape index (κ2) is 6.48. The number of aryl methyl sites for hydroxylation is 1. The van der Waals surface area contributed by atoms with Crippen molar-refractivity contribution in [3.8, 4) is 0 Å². The Kier molecular flexibility index (Phi) is 5.17. The molecule has 1 aromatic rings. The second-order valence-electron chi connectivity index (χ2n) is 5.21. The van der Waals surface area contributed by atoms with E-state index in [9.17, 15) is 4.79 Å². The Morgan fingerprint density at radius 3 is 2.74 bits per heavy atom. The maximum atomic E-state index is 12.3. The quantitative estimate of drug-likeness (QED) is 0.789. The van der Waals surface area contributed by atoms with Crippen LogP contribution >= 0.6 is 34.4 Å². The maximum absolute atomic E-state index is 12.3. The maximum Gasteiger partial charge on any atom is 0.252 e. The van der Waals surface area contributed by atoms with Gasteiger partial charge in [-0.25, -0.2) is 0 Å². The van der Waals surface area contributed by atoms with Crippen LogP contribution in [0, 0.1) is 10.5 Å². The molecule has 0 bridgehead atoms. The smallest absolute Gasteiger partial charge is 0.252 e. The van der Waals surface area contributed by atoms with Crippen molar-refractivity contribution in [3.05, 3.63) is 32.9 Å². The number of hydrogen-bond acceptors (Lipinski definition) is 2. The predicted octanol–water partition coefficient (Wildman–Crippen LogP) is 4.01. The van der Waals surface area contributed by atoms with Gasteiger partial charge in [-0.2, -0.15) is 11.8 Å². The van der Waals surface area contributed by atoms with Crippen molar-refractivity contribution in [3.63, 3.8) is 0 Å². The lowest BCUT2D eigenvalue weighted by Gasteiger charge is -2.27. The number of amides is 1. The van der Waals surface area contributed by atoms with Gasteiger partial charge in [0.25, 0.3) is 5.91 Å². The van der Waals surface area contributed by atoms with E-state index >= 15 is 0 Å². The molecular weight excluding hydrogens is 369 g/mol. The minimum absolute atomic E-state index is 0.0634. The molecule has 0 radical (unpaired) electrons. The molecule has 104 valence electrons. The van der Waals surface area contributed by atoms with Gasteiger partial charge < -0.3 is 5.32 Å². The van der Waals surface area contributed by atoms with Gasteiger partial charge in [-0.3, -0.25) is 4.79 Å². The van der Waals surface area contributed by atoms with Crippen LogP contribution in [0.1, 0.15) is 41.6 Å². The van der Waals surface area contributed by atoms with Crippen molar-refractivity contribution in [2.45, 2.75) is 37.4 Å². The number of benzene rings is 1. The van der Waals surface area contributed by atoms with Gasteiger partial charge in [0.2, 0.25) is 0 Å². The monoisotopic (exact) mass is 389 g/mol. The lowest BCUT2D eigenvalue weighted by atomic mass is 10.1. The van der Waals surface area contributed by atoms with Crippen molar-refractivity contribution in [2.24, 2.45) is 0 Å². The van der Waals surface area contributed by atoms with Crippen LogP contribution in [0.15, 0.2) is 18.2 Å². The summed E-state index contributed by atoms with van der Waals surface area (Å²) in [6.07, 6.45) is 7.18. The Morgan fingerprint density at radius 2 is 2.11 bits per heavy atom. The van der Waals surface area contributed by atoms with E-state index in [4.69, 9.17) is 0 Å². The summed E-state index contributed by atoms with van der Waals surface area (Å²) in [5.41, 5.74) is 1.96. The number of carbonyl (C=O) groups is 1. The van der Waals surface area contributed by atoms with Crippen LogP contribution in [0.4, 0.5) is 0 Å². The molecule has 2 rings (SSSR count). The summed E-state index contributed by atoms with van der Waals surface area (Å²) in [7, 11) is 0. The first-order valence-corrected chi connectivity index (χ1v) is 8.97. The third kappa shape index (κ3) is 3.45. The van der Waals surface area contributed by atoms with Gasteiger partial charge in [-0.05, 0) is 60.2 Å². The summed E-state index contributed by atoms with van der Waals surface area (Å²) < 4.78 is 1.33. The molecule has 0 aliphatic heterocycles. The van der Waals surface area contributed by atoms with Crippen LogP contribution in [0.25, 0.3) is 0 Å². The Labute approximate surface area is 133 Å². The van der Waals surface area contributed by atoms with Crippen molar-refractivity contribution in [1.29, 1.82) is 0 Å². The highest BCUT2D eigenvalue weighted by atomic mass is 127. The first-order valence-electron chi connectivity index (χ1n) is 6.66. The van der Waals surface area contributed by atoms with Crippen LogP contribution < -0.4 is 5.32 Å². The molecule has 0 aromatic heterocycles. The zero-order valence-electron chi connectivity index (χ0n) is 11.5. The fourth-order valence-corrected chi connectivity index (χ4v) is 4.15. The van der Waals surface area contributed by atoms with E-state index in [0.717, 1.165) is 21.2 Å². The minimum atomic E-state index is 0.0634. The Morgan fingerprint density at radius 1 is 1.42 bits per heavy atom. The van der Waals surface area contributed by atoms with E-state index in [0.29, 0.717) is 0 Å². The molecule has 19 heavy (non-hydrogen) atoms. The van der Waals surface area contributed by atoms with E-state index in [2.05, 4.69) is 34.2 Å². The predicted molar refractivity (Wildman–Crippen MR) is 90.9 cm³/mol. The van der Waals surface area contributed by atoms with Crippen molar-refractivity contribution in [1.82, 2.24) is 5.32 Å². The topological polar surface area (TPSA) is 29.1 Å². The third-order valence-corrected chi connectivity index (χ3v) is 6.81. The molecule has 1 saturated carbocycles. The van der Waals surface area contributed by atoms with Gasteiger partial charge in [0.1, 0.15) is 0 Å². The van der Waals surface area contributed by atoms with Crippen LogP contribution in [-0.4, -0.2) is 23.5 Å². The summed E-state index contributed by atoms with van der Waals surface area (Å²) >= 11 is 4.16. The van der Waals surface area contributed by atoms with Crippen LogP contribution in [0.2, 0.25) is 0 Å². The normalized spacial score (nSPS) is 17.4. The number of hydrogen-bond donors (Lipinski definition) is 1. The van der Waals surface area contributed by atoms with Gasteiger partial charge in [-0.15, -0.1) is 0 Å². The molecule has 0 unspecified atom stereocenters. The molecule has 0 heterocycles. The first kappa shape index (κ1) is 15.2. The average Bonchev–Trinajstić information content (AvgIpc) is 2.89. The summed E-state index contributed by atoms with van der Waals surface area (Å²) in [6, 6.07) is 5.90. The van der Waals surface area contributed by atoms with E-state index in [1.165, 1.54) is 25.7 Å². The van der Waals surface area contributed by atoms with Gasteiger partial charge in [0, 0.05) is 14.9 Å². The highest BCUT2D eigenvalue weighted by Crippen LogP contribution is 2.39. The Balaban J connectivity index is 2.03. The summed E-state index contributed by atoms with van der Waals surface area (Å²) in [5.74, 6) is 0.0634. The van der Waals surface area contributed by atoms with Crippen molar-refractivity contribution >= 4 is 40.3 Å². The molecule has 1 amide bonds. The molecule has 1 aromatic carbocycles. The molecule has 0 saturated heterocycles. The lowest BCUT2D eigenvalue weighted by Crippen LogP contribution is -2.38. The fraction of sp³-hybridized carbons (Fsp3) is 0.533. The summed E-state index contributed by atoms with van der Waals surface area (Å²) in [6.45, 7) is 2.83. The molecule has 1 fully saturated rings. The Hall–Kier alpha value is -0.230. The third-order valence-electron chi connectivity index (χ3n) is 3.96. The SMILES string of the molecule is CSC1(CNC(=O)c2cccc(C)c2I)CCCC1. The molecule has 0 atom stereocenters. The summed E-state index contributed by atoms with van der Waals surface area (Å²) in [4.78, 5) is 12.3. The highest BCUT2D eigenvalue weighted by Gasteiger charge is 2.33. The number of thioether (sulfide) groups is 1. The Bertz CT molecular complexity index is 469. The molecule has 1 N–H and O–H groups in total. The van der Waals surface area contributed by atoms with Crippen molar-refractivity contribution in [2.75, 3.05) is 12.8 Å². The standard InChI is InChI=1S/C15H20INOS/c1-11-6-5-7-12(13(11)16)14(18)17-10-15(19-2)8-3-4-9-15/h5-7H,3-4,8-10H2,1-2H3,(H,17,18). The van der Waals surface area contributed by atoms with E-state index in [1.807, 2.05) is 36.9 Å². The van der Waals surface area contributed by atoms with Crippen LogP contribution in [0.5, 0.6) is 0 Å². The largest absolute Gasteiger partial charge is 0.351 e. The number of halogens is 1. The number of nitrogens with one attached hydrogen (secondary N) is 1. The molecule has 1 aliphatic rings. The lowest BCUT2D eigenvalue weighted by molar-refractivity contribution is 0.0948. The van der Waals surface area contributed by atoms with Gasteiger partial charge in [0.05, 0.1) is 5.56 Å². The second-order valence-corrected chi connectivity index (χ2v) is 7.57. The van der Waals surface area contributed by atoms with Gasteiger partial charge >= 0.3 is 0 Å². The molecule has 1 aliphatic carbocycles. The molecule has 4 heteroatoms. The van der Waals surface area contributed by atoms with Crippen molar-refractivity contribution < 1.29 is 4.79 Å². The number of carbonyl (C=O) groups excluding carboxylic acids is 1. The van der Waals surface area contributed by atoms with E-state index in [1.54, 1.807) is 0 Å². The summed E-state index contributed by atoms with van der Waals surface area (Å²) in [5, 5.41) is 3.14. The highest BCUT2D eigenvalue weighted by molar-refractivity contribution is 14.1. The average molecular weight is 389 g/mol. The molecule has 2 nitrogen and oxygen atoms in total. The zero-order valence-corrected chi connectivity index (χ0v) is 14.4.